The number of carbonyl (C=O) groups excluding carboxylic acids is 2. The summed E-state index contributed by atoms with van der Waals surface area (Å²) in [5, 5.41) is 4.26. The van der Waals surface area contributed by atoms with E-state index in [4.69, 9.17) is 4.42 Å². The van der Waals surface area contributed by atoms with E-state index in [1.54, 1.807) is 4.90 Å². The van der Waals surface area contributed by atoms with Crippen molar-refractivity contribution in [2.45, 2.75) is 11.6 Å². The molecular weight excluding hydrogens is 378 g/mol. The van der Waals surface area contributed by atoms with Gasteiger partial charge in [0.1, 0.15) is 22.0 Å². The van der Waals surface area contributed by atoms with E-state index in [0.29, 0.717) is 5.75 Å². The number of hydrogen-bond donors (Lipinski definition) is 1. The lowest BCUT2D eigenvalue weighted by atomic mass is 10.0. The van der Waals surface area contributed by atoms with Crippen LogP contribution in [0.4, 0.5) is 0 Å². The number of amides is 1. The summed E-state index contributed by atoms with van der Waals surface area (Å²) < 4.78 is 5.78. The minimum Gasteiger partial charge on any atom is -0.456 e. The van der Waals surface area contributed by atoms with Crippen LogP contribution in [0, 0.1) is 0 Å². The van der Waals surface area contributed by atoms with Gasteiger partial charge in [0, 0.05) is 10.9 Å². The summed E-state index contributed by atoms with van der Waals surface area (Å²) >= 11 is 4.56. The number of furan rings is 1. The molecule has 4 rings (SSSR count). The largest absolute Gasteiger partial charge is 0.456 e. The van der Waals surface area contributed by atoms with Crippen molar-refractivity contribution in [3.8, 4) is 11.3 Å². The highest BCUT2D eigenvalue weighted by Gasteiger charge is 2.32. The highest BCUT2D eigenvalue weighted by molar-refractivity contribution is 8.23. The molecule has 1 aromatic heterocycles. The van der Waals surface area contributed by atoms with E-state index >= 15 is 0 Å². The summed E-state index contributed by atoms with van der Waals surface area (Å²) in [6, 6.07) is 18.2. The van der Waals surface area contributed by atoms with Crippen LogP contribution in [0.5, 0.6) is 0 Å². The Labute approximate surface area is 165 Å². The smallest absolute Gasteiger partial charge is 0.234 e. The second kappa shape index (κ2) is 7.37. The van der Waals surface area contributed by atoms with Crippen LogP contribution in [-0.2, 0) is 9.59 Å². The van der Waals surface area contributed by atoms with Gasteiger partial charge in [0.05, 0.1) is 12.3 Å². The maximum absolute atomic E-state index is 12.2. The Kier molecular flexibility index (Phi) is 4.93. The van der Waals surface area contributed by atoms with Gasteiger partial charge < -0.3 is 9.32 Å². The van der Waals surface area contributed by atoms with E-state index in [1.165, 1.54) is 6.92 Å². The summed E-state index contributed by atoms with van der Waals surface area (Å²) in [6.45, 7) is 1.60. The summed E-state index contributed by atoms with van der Waals surface area (Å²) in [4.78, 5) is 25.1. The minimum absolute atomic E-state index is 0.0365. The maximum Gasteiger partial charge on any atom is 0.234 e. The Bertz CT molecular complexity index is 1060. The molecule has 0 aliphatic carbocycles. The van der Waals surface area contributed by atoms with E-state index < -0.39 is 10.5 Å². The third-order valence-electron chi connectivity index (χ3n) is 4.49. The molecule has 138 valence electrons. The molecule has 1 aliphatic heterocycles. The van der Waals surface area contributed by atoms with Crippen molar-refractivity contribution in [3.63, 3.8) is 0 Å². The van der Waals surface area contributed by atoms with Gasteiger partial charge in [-0.05, 0) is 29.8 Å². The van der Waals surface area contributed by atoms with Gasteiger partial charge in [0.25, 0.3) is 0 Å². The van der Waals surface area contributed by atoms with Gasteiger partial charge in [-0.25, -0.2) is 0 Å². The molecule has 1 aliphatic rings. The van der Waals surface area contributed by atoms with E-state index in [2.05, 4.69) is 30.8 Å². The molecule has 3 aromatic rings. The molecule has 0 N–H and O–H groups in total. The standard InChI is InChI=1S/C21H19NO3S2/c1-14(23)11-22-20(24)13-27(21(22)26)12-16-9-10-19(25-16)18-8-4-6-15-5-2-3-7-17(15)18/h2-10,12,21,26H,11,13H2,1H3. The molecule has 0 radical (unpaired) electrons. The molecule has 0 saturated carbocycles. The zero-order valence-corrected chi connectivity index (χ0v) is 16.5. The topological polar surface area (TPSA) is 50.5 Å². The van der Waals surface area contributed by atoms with Crippen molar-refractivity contribution in [3.05, 3.63) is 60.4 Å². The normalized spacial score (nSPS) is 19.9. The molecular formula is C21H19NO3S2. The second-order valence-corrected chi connectivity index (χ2v) is 9.26. The molecule has 0 bridgehead atoms. The van der Waals surface area contributed by atoms with Crippen molar-refractivity contribution in [1.82, 2.24) is 4.90 Å². The van der Waals surface area contributed by atoms with E-state index in [9.17, 15) is 9.59 Å². The third-order valence-corrected chi connectivity index (χ3v) is 7.49. The number of carbonyl (C=O) groups is 2. The molecule has 1 fully saturated rings. The summed E-state index contributed by atoms with van der Waals surface area (Å²) in [5.74, 6) is 1.81. The van der Waals surface area contributed by atoms with Crippen LogP contribution < -0.4 is 0 Å². The maximum atomic E-state index is 12.2. The Hall–Kier alpha value is -2.31. The zero-order chi connectivity index (χ0) is 19.0. The Balaban J connectivity index is 1.64. The van der Waals surface area contributed by atoms with Crippen LogP contribution in [0.25, 0.3) is 22.1 Å². The summed E-state index contributed by atoms with van der Waals surface area (Å²) in [5.41, 5.74) is 1.04. The Morgan fingerprint density at radius 1 is 1.22 bits per heavy atom. The zero-order valence-electron chi connectivity index (χ0n) is 14.8. The van der Waals surface area contributed by atoms with Gasteiger partial charge in [0.2, 0.25) is 5.91 Å². The van der Waals surface area contributed by atoms with Crippen LogP contribution in [0.15, 0.2) is 59.0 Å². The van der Waals surface area contributed by atoms with Gasteiger partial charge in [-0.15, -0.1) is 23.1 Å². The lowest BCUT2D eigenvalue weighted by Crippen LogP contribution is -2.34. The molecule has 0 spiro atoms. The minimum atomic E-state index is -0.400. The number of nitrogens with zero attached hydrogens (tertiary/aromatic N) is 1. The quantitative estimate of drug-likeness (QED) is 0.531. The highest BCUT2D eigenvalue weighted by Crippen LogP contribution is 2.36. The predicted octanol–water partition coefficient (Wildman–Crippen LogP) is 4.16. The molecule has 1 amide bonds. The van der Waals surface area contributed by atoms with Gasteiger partial charge in [-0.1, -0.05) is 42.5 Å². The SMILES string of the molecule is CC(=O)CN1C(=O)C/S(=C\c2ccc(-c3cccc4ccccc34)o2)C1S. The highest BCUT2D eigenvalue weighted by atomic mass is 32.2. The third kappa shape index (κ3) is 3.59. The van der Waals surface area contributed by atoms with Crippen LogP contribution in [0.2, 0.25) is 0 Å². The number of benzene rings is 2. The predicted molar refractivity (Wildman–Crippen MR) is 114 cm³/mol. The lowest BCUT2D eigenvalue weighted by Gasteiger charge is -2.19. The van der Waals surface area contributed by atoms with Crippen molar-refractivity contribution in [2.75, 3.05) is 12.3 Å². The van der Waals surface area contributed by atoms with Gasteiger partial charge in [-0.3, -0.25) is 9.59 Å². The van der Waals surface area contributed by atoms with Crippen LogP contribution in [0.1, 0.15) is 12.7 Å². The summed E-state index contributed by atoms with van der Waals surface area (Å²) in [6.07, 6.45) is 0. The first-order valence-corrected chi connectivity index (χ1v) is 10.6. The first kappa shape index (κ1) is 18.1. The molecule has 2 heterocycles. The molecule has 1 saturated heterocycles. The van der Waals surface area contributed by atoms with E-state index in [0.717, 1.165) is 27.9 Å². The average molecular weight is 398 g/mol. The van der Waals surface area contributed by atoms with Crippen molar-refractivity contribution in [2.24, 2.45) is 0 Å². The van der Waals surface area contributed by atoms with Crippen LogP contribution >= 0.6 is 23.1 Å². The monoisotopic (exact) mass is 397 g/mol. The lowest BCUT2D eigenvalue weighted by molar-refractivity contribution is -0.131. The number of ketones is 1. The first-order chi connectivity index (χ1) is 13.0. The second-order valence-electron chi connectivity index (χ2n) is 6.51. The fraction of sp³-hybridized carbons (Fsp3) is 0.190. The molecule has 2 unspecified atom stereocenters. The fourth-order valence-electron chi connectivity index (χ4n) is 3.25. The number of rotatable bonds is 4. The van der Waals surface area contributed by atoms with E-state index in [-0.39, 0.29) is 22.9 Å². The van der Waals surface area contributed by atoms with Crippen LogP contribution in [0.3, 0.4) is 0 Å². The molecule has 27 heavy (non-hydrogen) atoms. The van der Waals surface area contributed by atoms with Crippen molar-refractivity contribution >= 4 is 50.9 Å². The molecule has 6 heteroatoms. The van der Waals surface area contributed by atoms with Gasteiger partial charge in [-0.2, -0.15) is 0 Å². The van der Waals surface area contributed by atoms with Gasteiger partial charge in [0.15, 0.2) is 0 Å². The first-order valence-electron chi connectivity index (χ1n) is 8.61. The Morgan fingerprint density at radius 3 is 2.81 bits per heavy atom. The van der Waals surface area contributed by atoms with Crippen molar-refractivity contribution < 1.29 is 14.0 Å². The fourth-order valence-corrected chi connectivity index (χ4v) is 5.61. The van der Waals surface area contributed by atoms with E-state index in [1.807, 2.05) is 41.8 Å². The van der Waals surface area contributed by atoms with Crippen LogP contribution in [-0.4, -0.2) is 39.0 Å². The molecule has 2 atom stereocenters. The Morgan fingerprint density at radius 2 is 2.00 bits per heavy atom. The number of hydrogen-bond acceptors (Lipinski definition) is 4. The number of fused-ring (bicyclic) bond motifs is 1. The summed E-state index contributed by atoms with van der Waals surface area (Å²) in [7, 11) is -0.400. The average Bonchev–Trinajstić information content (AvgIpc) is 3.21. The molecule has 2 aromatic carbocycles. The molecule has 4 nitrogen and oxygen atoms in total. The number of Topliss-reactive ketones (excluding diaryl/α,β-unsaturated/α-hetero) is 1. The number of thiol groups is 1. The van der Waals surface area contributed by atoms with Gasteiger partial charge >= 0.3 is 0 Å². The van der Waals surface area contributed by atoms with Crippen molar-refractivity contribution in [1.29, 1.82) is 0 Å².